The summed E-state index contributed by atoms with van der Waals surface area (Å²) in [4.78, 5) is 13.5. The predicted octanol–water partition coefficient (Wildman–Crippen LogP) is 2.07. The van der Waals surface area contributed by atoms with Crippen LogP contribution in [0.25, 0.3) is 0 Å². The van der Waals surface area contributed by atoms with E-state index in [-0.39, 0.29) is 0 Å². The molecule has 0 aliphatic heterocycles. The summed E-state index contributed by atoms with van der Waals surface area (Å²) >= 11 is 0. The van der Waals surface area contributed by atoms with Gasteiger partial charge >= 0.3 is 0 Å². The molecule has 114 valence electrons. The van der Waals surface area contributed by atoms with Gasteiger partial charge in [0.05, 0.1) is 18.1 Å². The molecule has 0 amide bonds. The third-order valence-electron chi connectivity index (χ3n) is 3.17. The van der Waals surface area contributed by atoms with E-state index in [9.17, 15) is 0 Å². The van der Waals surface area contributed by atoms with Gasteiger partial charge in [0.2, 0.25) is 0 Å². The van der Waals surface area contributed by atoms with Crippen LogP contribution >= 0.6 is 0 Å². The molecule has 0 unspecified atom stereocenters. The molecule has 1 N–H and O–H groups in total. The lowest BCUT2D eigenvalue weighted by Crippen LogP contribution is -2.27. The molecule has 0 spiro atoms. The van der Waals surface area contributed by atoms with Gasteiger partial charge in [-0.15, -0.1) is 0 Å². The molecule has 20 heavy (non-hydrogen) atoms. The monoisotopic (exact) mass is 279 g/mol. The van der Waals surface area contributed by atoms with Crippen LogP contribution in [-0.2, 0) is 6.54 Å². The zero-order valence-electron chi connectivity index (χ0n) is 13.4. The fourth-order valence-electron chi connectivity index (χ4n) is 1.97. The highest BCUT2D eigenvalue weighted by molar-refractivity contribution is 5.30. The van der Waals surface area contributed by atoms with Crippen LogP contribution in [0.1, 0.15) is 32.4 Å². The molecule has 0 saturated carbocycles. The fraction of sp³-hybridized carbons (Fsp3) is 0.733. The second-order valence-electron chi connectivity index (χ2n) is 5.35. The second-order valence-corrected chi connectivity index (χ2v) is 5.35. The summed E-state index contributed by atoms with van der Waals surface area (Å²) in [6.07, 6.45) is 5.99. The van der Waals surface area contributed by atoms with Crippen LogP contribution in [0.5, 0.6) is 0 Å². The smallest absolute Gasteiger partial charge is 0.144 e. The lowest BCUT2D eigenvalue weighted by Gasteiger charge is -2.20. The maximum Gasteiger partial charge on any atom is 0.144 e. The van der Waals surface area contributed by atoms with Crippen LogP contribution < -0.4 is 5.32 Å². The van der Waals surface area contributed by atoms with E-state index < -0.39 is 0 Å². The molecule has 5 heteroatoms. The van der Waals surface area contributed by atoms with Crippen LogP contribution in [0, 0.1) is 0 Å². The number of aromatic nitrogens is 2. The van der Waals surface area contributed by atoms with Gasteiger partial charge in [-0.3, -0.25) is 9.88 Å². The van der Waals surface area contributed by atoms with Crippen molar-refractivity contribution in [2.45, 2.75) is 33.2 Å². The maximum absolute atomic E-state index is 4.49. The summed E-state index contributed by atoms with van der Waals surface area (Å²) in [6.45, 7) is 9.44. The molecule has 0 radical (unpaired) electrons. The van der Waals surface area contributed by atoms with Gasteiger partial charge in [-0.05, 0) is 46.6 Å². The standard InChI is InChI=1S/C15H29N5/c1-5-8-16-15-12-17-14(11-18-15)13-20(6-2)10-7-9-19(3)4/h11-12H,5-10,13H2,1-4H3,(H,16,18). The summed E-state index contributed by atoms with van der Waals surface area (Å²) in [7, 11) is 4.23. The van der Waals surface area contributed by atoms with E-state index in [1.54, 1.807) is 0 Å². The van der Waals surface area contributed by atoms with Crippen LogP contribution in [-0.4, -0.2) is 60.0 Å². The Bertz CT molecular complexity index is 350. The normalized spacial score (nSPS) is 11.3. The summed E-state index contributed by atoms with van der Waals surface area (Å²) in [5, 5.41) is 3.24. The Morgan fingerprint density at radius 1 is 1.10 bits per heavy atom. The van der Waals surface area contributed by atoms with Gasteiger partial charge in [0.1, 0.15) is 5.82 Å². The van der Waals surface area contributed by atoms with Crippen molar-refractivity contribution in [2.75, 3.05) is 45.6 Å². The molecule has 1 heterocycles. The summed E-state index contributed by atoms with van der Waals surface area (Å²) in [5.74, 6) is 0.867. The average Bonchev–Trinajstić information content (AvgIpc) is 2.45. The Morgan fingerprint density at radius 2 is 1.90 bits per heavy atom. The number of anilines is 1. The Labute approximate surface area is 123 Å². The average molecular weight is 279 g/mol. The SMILES string of the molecule is CCCNc1cnc(CN(CC)CCCN(C)C)cn1. The van der Waals surface area contributed by atoms with Crippen molar-refractivity contribution in [3.63, 3.8) is 0 Å². The van der Waals surface area contributed by atoms with E-state index in [0.717, 1.165) is 50.7 Å². The molecule has 0 aliphatic rings. The summed E-state index contributed by atoms with van der Waals surface area (Å²) < 4.78 is 0. The number of hydrogen-bond acceptors (Lipinski definition) is 5. The van der Waals surface area contributed by atoms with Gasteiger partial charge in [0.15, 0.2) is 0 Å². The second kappa shape index (κ2) is 9.66. The van der Waals surface area contributed by atoms with Crippen molar-refractivity contribution < 1.29 is 0 Å². The highest BCUT2D eigenvalue weighted by Gasteiger charge is 2.05. The molecule has 1 aromatic heterocycles. The Kier molecular flexibility index (Phi) is 8.14. The number of rotatable bonds is 10. The van der Waals surface area contributed by atoms with E-state index in [1.807, 2.05) is 12.4 Å². The van der Waals surface area contributed by atoms with E-state index in [4.69, 9.17) is 0 Å². The molecule has 0 bridgehead atoms. The van der Waals surface area contributed by atoms with Gasteiger partial charge in [0.25, 0.3) is 0 Å². The van der Waals surface area contributed by atoms with Crippen LogP contribution in [0.2, 0.25) is 0 Å². The summed E-state index contributed by atoms with van der Waals surface area (Å²) in [5.41, 5.74) is 1.04. The first-order valence-electron chi connectivity index (χ1n) is 7.57. The number of nitrogens with one attached hydrogen (secondary N) is 1. The molecule has 0 atom stereocenters. The van der Waals surface area contributed by atoms with Crippen molar-refractivity contribution in [1.82, 2.24) is 19.8 Å². The highest BCUT2D eigenvalue weighted by Crippen LogP contribution is 2.05. The molecule has 0 saturated heterocycles. The Balaban J connectivity index is 2.40. The molecule has 0 fully saturated rings. The van der Waals surface area contributed by atoms with Crippen molar-refractivity contribution in [2.24, 2.45) is 0 Å². The molecular weight excluding hydrogens is 250 g/mol. The number of hydrogen-bond donors (Lipinski definition) is 1. The molecule has 0 aliphatic carbocycles. The van der Waals surface area contributed by atoms with Crippen molar-refractivity contribution in [1.29, 1.82) is 0 Å². The molecule has 5 nitrogen and oxygen atoms in total. The van der Waals surface area contributed by atoms with Crippen molar-refractivity contribution in [3.05, 3.63) is 18.1 Å². The topological polar surface area (TPSA) is 44.3 Å². The molecule has 1 aromatic rings. The summed E-state index contributed by atoms with van der Waals surface area (Å²) in [6, 6.07) is 0. The highest BCUT2D eigenvalue weighted by atomic mass is 15.1. The minimum absolute atomic E-state index is 0.867. The van der Waals surface area contributed by atoms with Crippen molar-refractivity contribution in [3.8, 4) is 0 Å². The van der Waals surface area contributed by atoms with Gasteiger partial charge < -0.3 is 10.2 Å². The quantitative estimate of drug-likeness (QED) is 0.710. The predicted molar refractivity (Wildman–Crippen MR) is 84.9 cm³/mol. The lowest BCUT2D eigenvalue weighted by molar-refractivity contribution is 0.256. The van der Waals surface area contributed by atoms with Crippen LogP contribution in [0.4, 0.5) is 5.82 Å². The van der Waals surface area contributed by atoms with E-state index >= 15 is 0 Å². The largest absolute Gasteiger partial charge is 0.369 e. The minimum Gasteiger partial charge on any atom is -0.369 e. The van der Waals surface area contributed by atoms with E-state index in [1.165, 1.54) is 6.42 Å². The lowest BCUT2D eigenvalue weighted by atomic mass is 10.3. The Hall–Kier alpha value is -1.20. The molecule has 0 aromatic carbocycles. The minimum atomic E-state index is 0.867. The van der Waals surface area contributed by atoms with Gasteiger partial charge in [-0.25, -0.2) is 4.98 Å². The van der Waals surface area contributed by atoms with Crippen LogP contribution in [0.15, 0.2) is 12.4 Å². The zero-order chi connectivity index (χ0) is 14.8. The third kappa shape index (κ3) is 6.82. The zero-order valence-corrected chi connectivity index (χ0v) is 13.4. The van der Waals surface area contributed by atoms with Crippen LogP contribution in [0.3, 0.4) is 0 Å². The van der Waals surface area contributed by atoms with Gasteiger partial charge in [-0.1, -0.05) is 13.8 Å². The first-order chi connectivity index (χ1) is 9.65. The van der Waals surface area contributed by atoms with Gasteiger partial charge in [0, 0.05) is 13.1 Å². The first-order valence-corrected chi connectivity index (χ1v) is 7.57. The third-order valence-corrected chi connectivity index (χ3v) is 3.17. The molecular formula is C15H29N5. The van der Waals surface area contributed by atoms with Crippen molar-refractivity contribution >= 4 is 5.82 Å². The Morgan fingerprint density at radius 3 is 2.45 bits per heavy atom. The van der Waals surface area contributed by atoms with E-state index in [2.05, 4.69) is 53.0 Å². The number of nitrogens with zero attached hydrogens (tertiary/aromatic N) is 4. The van der Waals surface area contributed by atoms with E-state index in [0.29, 0.717) is 0 Å². The molecule has 1 rings (SSSR count). The maximum atomic E-state index is 4.49. The van der Waals surface area contributed by atoms with Gasteiger partial charge in [-0.2, -0.15) is 0 Å². The fourth-order valence-corrected chi connectivity index (χ4v) is 1.97. The first kappa shape index (κ1) is 16.9.